The van der Waals surface area contributed by atoms with Gasteiger partial charge in [-0.15, -0.1) is 0 Å². The molecule has 0 spiro atoms. The molecule has 1 unspecified atom stereocenters. The van der Waals surface area contributed by atoms with Crippen LogP contribution >= 0.6 is 0 Å². The zero-order valence-electron chi connectivity index (χ0n) is 11.9. The lowest BCUT2D eigenvalue weighted by atomic mass is 9.79. The van der Waals surface area contributed by atoms with Gasteiger partial charge in [-0.05, 0) is 37.2 Å². The highest BCUT2D eigenvalue weighted by Gasteiger charge is 2.32. The van der Waals surface area contributed by atoms with E-state index >= 15 is 0 Å². The fourth-order valence-electron chi connectivity index (χ4n) is 2.74. The second-order valence-electron chi connectivity index (χ2n) is 5.57. The van der Waals surface area contributed by atoms with Crippen molar-refractivity contribution in [3.05, 3.63) is 35.9 Å². The van der Waals surface area contributed by atoms with Gasteiger partial charge in [0.05, 0.1) is 5.92 Å². The lowest BCUT2D eigenvalue weighted by molar-refractivity contribution is -0.148. The molecule has 0 heterocycles. The first kappa shape index (κ1) is 15.5. The first-order chi connectivity index (χ1) is 10.1. The van der Waals surface area contributed by atoms with E-state index in [1.807, 2.05) is 30.3 Å². The largest absolute Gasteiger partial charge is 0.481 e. The molecule has 1 aromatic rings. The Labute approximate surface area is 124 Å². The second-order valence-corrected chi connectivity index (χ2v) is 5.57. The van der Waals surface area contributed by atoms with E-state index in [1.54, 1.807) is 0 Å². The van der Waals surface area contributed by atoms with E-state index in [0.29, 0.717) is 25.7 Å². The third kappa shape index (κ3) is 4.29. The fraction of sp³-hybridized carbons (Fsp3) is 0.500. The monoisotopic (exact) mass is 291 g/mol. The minimum atomic E-state index is -0.756. The predicted molar refractivity (Wildman–Crippen MR) is 77.3 cm³/mol. The summed E-state index contributed by atoms with van der Waals surface area (Å²) in [6.45, 7) is 0.220. The van der Waals surface area contributed by atoms with E-state index in [2.05, 4.69) is 0 Å². The normalized spacial score (nSPS) is 23.3. The van der Waals surface area contributed by atoms with Gasteiger partial charge < -0.3 is 15.6 Å². The number of carbonyl (C=O) groups is 2. The third-order valence-corrected chi connectivity index (χ3v) is 4.13. The number of carboxylic acid groups (broad SMARTS) is 1. The minimum absolute atomic E-state index is 0.0175. The molecule has 0 amide bonds. The number of hydrogen-bond acceptors (Lipinski definition) is 4. The zero-order valence-corrected chi connectivity index (χ0v) is 11.9. The fourth-order valence-corrected chi connectivity index (χ4v) is 2.74. The van der Waals surface area contributed by atoms with Gasteiger partial charge in [0.25, 0.3) is 0 Å². The molecule has 0 aromatic heterocycles. The maximum absolute atomic E-state index is 12.0. The molecule has 0 saturated heterocycles. The van der Waals surface area contributed by atoms with Crippen molar-refractivity contribution in [3.8, 4) is 0 Å². The predicted octanol–water partition coefficient (Wildman–Crippen LogP) is 1.95. The number of carbonyl (C=O) groups excluding carboxylic acids is 1. The van der Waals surface area contributed by atoms with Crippen LogP contribution in [-0.2, 0) is 20.9 Å². The van der Waals surface area contributed by atoms with Gasteiger partial charge in [-0.25, -0.2) is 0 Å². The number of aliphatic carboxylic acids is 1. The van der Waals surface area contributed by atoms with Crippen molar-refractivity contribution in [1.29, 1.82) is 0 Å². The van der Waals surface area contributed by atoms with Gasteiger partial charge in [0.15, 0.2) is 0 Å². The Balaban J connectivity index is 1.79. The molecule has 0 aliphatic heterocycles. The number of nitrogens with two attached hydrogens (primary N) is 1. The highest BCUT2D eigenvalue weighted by Crippen LogP contribution is 2.30. The topological polar surface area (TPSA) is 89.6 Å². The summed E-state index contributed by atoms with van der Waals surface area (Å²) in [6.07, 6.45) is 2.50. The number of rotatable bonds is 5. The number of ether oxygens (including phenoxy) is 1. The summed E-state index contributed by atoms with van der Waals surface area (Å²) in [4.78, 5) is 22.9. The van der Waals surface area contributed by atoms with Crippen LogP contribution in [0.4, 0.5) is 0 Å². The van der Waals surface area contributed by atoms with E-state index in [0.717, 1.165) is 5.56 Å². The first-order valence-corrected chi connectivity index (χ1v) is 7.27. The Morgan fingerprint density at radius 1 is 1.19 bits per heavy atom. The molecule has 1 aromatic carbocycles. The molecule has 5 nitrogen and oxygen atoms in total. The van der Waals surface area contributed by atoms with E-state index in [4.69, 9.17) is 15.6 Å². The second kappa shape index (κ2) is 7.22. The molecule has 5 heteroatoms. The molecule has 0 bridgehead atoms. The quantitative estimate of drug-likeness (QED) is 0.809. The Hall–Kier alpha value is -1.88. The van der Waals surface area contributed by atoms with E-state index in [1.165, 1.54) is 0 Å². The molecule has 0 radical (unpaired) electrons. The minimum Gasteiger partial charge on any atom is -0.481 e. The molecule has 1 atom stereocenters. The van der Waals surface area contributed by atoms with Gasteiger partial charge in [-0.2, -0.15) is 0 Å². The van der Waals surface area contributed by atoms with Crippen LogP contribution in [0.15, 0.2) is 30.3 Å². The maximum atomic E-state index is 12.0. The van der Waals surface area contributed by atoms with E-state index in [-0.39, 0.29) is 18.4 Å². The van der Waals surface area contributed by atoms with Gasteiger partial charge in [-0.3, -0.25) is 9.59 Å². The summed E-state index contributed by atoms with van der Waals surface area (Å²) in [6, 6.07) is 8.78. The molecule has 1 fully saturated rings. The van der Waals surface area contributed by atoms with Crippen LogP contribution in [0, 0.1) is 11.8 Å². The molecule has 1 aliphatic rings. The maximum Gasteiger partial charge on any atom is 0.323 e. The standard InChI is InChI=1S/C16H21NO4/c17-14(12-6-8-13(9-7-12)15(18)19)16(20)21-10-11-4-2-1-3-5-11/h1-5,12-14H,6-10,17H2,(H,18,19)/t12-,13-,14?. The van der Waals surface area contributed by atoms with Crippen LogP contribution in [-0.4, -0.2) is 23.1 Å². The van der Waals surface area contributed by atoms with Crippen LogP contribution < -0.4 is 5.73 Å². The molecule has 2 rings (SSSR count). The molecular formula is C16H21NO4. The van der Waals surface area contributed by atoms with Crippen molar-refractivity contribution in [2.45, 2.75) is 38.3 Å². The molecule has 21 heavy (non-hydrogen) atoms. The Morgan fingerprint density at radius 3 is 2.38 bits per heavy atom. The average Bonchev–Trinajstić information content (AvgIpc) is 2.53. The summed E-state index contributed by atoms with van der Waals surface area (Å²) < 4.78 is 5.24. The number of hydrogen-bond donors (Lipinski definition) is 2. The van der Waals surface area contributed by atoms with Gasteiger partial charge in [0.2, 0.25) is 0 Å². The van der Waals surface area contributed by atoms with Crippen LogP contribution in [0.3, 0.4) is 0 Å². The Bertz CT molecular complexity index is 480. The molecule has 1 aliphatic carbocycles. The van der Waals surface area contributed by atoms with Gasteiger partial charge in [-0.1, -0.05) is 30.3 Å². The van der Waals surface area contributed by atoms with Crippen LogP contribution in [0.25, 0.3) is 0 Å². The molecule has 114 valence electrons. The van der Waals surface area contributed by atoms with Crippen molar-refractivity contribution in [2.24, 2.45) is 17.6 Å². The zero-order chi connectivity index (χ0) is 15.2. The van der Waals surface area contributed by atoms with E-state index in [9.17, 15) is 9.59 Å². The van der Waals surface area contributed by atoms with Gasteiger partial charge in [0, 0.05) is 0 Å². The Kier molecular flexibility index (Phi) is 5.33. The van der Waals surface area contributed by atoms with Crippen molar-refractivity contribution < 1.29 is 19.4 Å². The highest BCUT2D eigenvalue weighted by molar-refractivity contribution is 5.76. The average molecular weight is 291 g/mol. The van der Waals surface area contributed by atoms with Crippen LogP contribution in [0.2, 0.25) is 0 Å². The summed E-state index contributed by atoms with van der Waals surface area (Å²) in [5.74, 6) is -1.44. The smallest absolute Gasteiger partial charge is 0.323 e. The summed E-state index contributed by atoms with van der Waals surface area (Å²) in [5.41, 5.74) is 6.88. The number of carboxylic acids is 1. The summed E-state index contributed by atoms with van der Waals surface area (Å²) >= 11 is 0. The van der Waals surface area contributed by atoms with E-state index < -0.39 is 18.0 Å². The number of esters is 1. The summed E-state index contributed by atoms with van der Waals surface area (Å²) in [7, 11) is 0. The molecule has 1 saturated carbocycles. The van der Waals surface area contributed by atoms with Crippen molar-refractivity contribution in [2.75, 3.05) is 0 Å². The molecular weight excluding hydrogens is 270 g/mol. The van der Waals surface area contributed by atoms with Crippen LogP contribution in [0.1, 0.15) is 31.2 Å². The Morgan fingerprint density at radius 2 is 1.81 bits per heavy atom. The third-order valence-electron chi connectivity index (χ3n) is 4.13. The number of benzene rings is 1. The van der Waals surface area contributed by atoms with Crippen LogP contribution in [0.5, 0.6) is 0 Å². The lowest BCUT2D eigenvalue weighted by Gasteiger charge is -2.29. The first-order valence-electron chi connectivity index (χ1n) is 7.27. The highest BCUT2D eigenvalue weighted by atomic mass is 16.5. The SMILES string of the molecule is NC(C(=O)OCc1ccccc1)[C@H]1CC[C@H](C(=O)O)CC1. The van der Waals surface area contributed by atoms with Crippen molar-refractivity contribution >= 4 is 11.9 Å². The lowest BCUT2D eigenvalue weighted by Crippen LogP contribution is -2.41. The van der Waals surface area contributed by atoms with Gasteiger partial charge >= 0.3 is 11.9 Å². The van der Waals surface area contributed by atoms with Crippen molar-refractivity contribution in [1.82, 2.24) is 0 Å². The van der Waals surface area contributed by atoms with Crippen molar-refractivity contribution in [3.63, 3.8) is 0 Å². The molecule has 3 N–H and O–H groups in total. The summed E-state index contributed by atoms with van der Waals surface area (Å²) in [5, 5.41) is 8.96. The van der Waals surface area contributed by atoms with Gasteiger partial charge in [0.1, 0.15) is 12.6 Å².